The van der Waals surface area contributed by atoms with Crippen LogP contribution < -0.4 is 10.2 Å². The first-order valence-electron chi connectivity index (χ1n) is 9.35. The molecule has 0 spiro atoms. The summed E-state index contributed by atoms with van der Waals surface area (Å²) in [6, 6.07) is -0.385. The number of nitrogens with one attached hydrogen (secondary N) is 2. The highest BCUT2D eigenvalue weighted by Crippen LogP contribution is 2.34. The van der Waals surface area contributed by atoms with Crippen molar-refractivity contribution in [2.75, 3.05) is 36.5 Å². The fourth-order valence-electron chi connectivity index (χ4n) is 3.77. The van der Waals surface area contributed by atoms with Gasteiger partial charge in [-0.1, -0.05) is 0 Å². The van der Waals surface area contributed by atoms with E-state index in [2.05, 4.69) is 35.5 Å². The molecule has 5 heterocycles. The molecule has 2 aliphatic rings. The number of aromatic amines is 1. The number of β-amino-alcohol motifs (C(OH)–C–C–N with tert-alkyl or cyclic N) is 1. The largest absolute Gasteiger partial charge is 0.391 e. The number of aromatic nitrogens is 6. The van der Waals surface area contributed by atoms with Gasteiger partial charge in [0.15, 0.2) is 5.65 Å². The van der Waals surface area contributed by atoms with Crippen LogP contribution in [0.15, 0.2) is 18.7 Å². The minimum Gasteiger partial charge on any atom is -0.391 e. The molecule has 2 fully saturated rings. The molecule has 10 nitrogen and oxygen atoms in total. The minimum absolute atomic E-state index is 0.0775. The van der Waals surface area contributed by atoms with Crippen molar-refractivity contribution in [3.8, 4) is 11.3 Å². The zero-order chi connectivity index (χ0) is 19.1. The highest BCUT2D eigenvalue weighted by atomic mass is 19.1. The van der Waals surface area contributed by atoms with Gasteiger partial charge in [-0.2, -0.15) is 14.6 Å². The Balaban J connectivity index is 1.56. The average Bonchev–Trinajstić information content (AvgIpc) is 3.43. The van der Waals surface area contributed by atoms with Crippen molar-refractivity contribution in [2.24, 2.45) is 0 Å². The number of nitrogens with zero attached hydrogens (tertiary/aromatic N) is 6. The number of hydrogen-bond donors (Lipinski definition) is 3. The summed E-state index contributed by atoms with van der Waals surface area (Å²) in [5, 5.41) is 24.3. The Morgan fingerprint density at radius 3 is 3.04 bits per heavy atom. The molecule has 5 rings (SSSR count). The van der Waals surface area contributed by atoms with E-state index in [-0.39, 0.29) is 12.6 Å². The Morgan fingerprint density at radius 2 is 2.29 bits per heavy atom. The third-order valence-electron chi connectivity index (χ3n) is 5.22. The van der Waals surface area contributed by atoms with Crippen molar-refractivity contribution in [1.82, 2.24) is 29.8 Å². The van der Waals surface area contributed by atoms with Gasteiger partial charge in [-0.05, 0) is 12.8 Å². The minimum atomic E-state index is -1.10. The van der Waals surface area contributed by atoms with Gasteiger partial charge in [-0.15, -0.1) is 5.10 Å². The number of aliphatic hydroxyl groups excluding tert-OH is 1. The summed E-state index contributed by atoms with van der Waals surface area (Å²) in [7, 11) is 0. The number of hydrogen-bond acceptors (Lipinski definition) is 8. The molecule has 0 amide bonds. The number of aliphatic hydroxyl groups is 1. The number of alkyl halides is 1. The number of rotatable bonds is 4. The van der Waals surface area contributed by atoms with Crippen LogP contribution >= 0.6 is 0 Å². The van der Waals surface area contributed by atoms with Crippen LogP contribution in [0.4, 0.5) is 16.0 Å². The summed E-state index contributed by atoms with van der Waals surface area (Å²) >= 11 is 0. The topological polar surface area (TPSA) is 116 Å². The molecule has 148 valence electrons. The fourth-order valence-corrected chi connectivity index (χ4v) is 3.77. The van der Waals surface area contributed by atoms with Gasteiger partial charge >= 0.3 is 0 Å². The van der Waals surface area contributed by atoms with E-state index in [9.17, 15) is 9.50 Å². The first-order chi connectivity index (χ1) is 13.7. The van der Waals surface area contributed by atoms with Gasteiger partial charge < -0.3 is 20.1 Å². The van der Waals surface area contributed by atoms with Gasteiger partial charge in [0.05, 0.1) is 24.9 Å². The third-order valence-corrected chi connectivity index (χ3v) is 5.22. The number of halogens is 1. The van der Waals surface area contributed by atoms with Crippen LogP contribution in [-0.4, -0.2) is 79.5 Å². The standard InChI is InChI=1S/C17H21FN8O2/c18-12-8-28-4-2-13(12)22-17-23-16-15(25-3-1-11(27)7-25)14(10-5-20-21-6-10)19-9-26(16)24-17/h5-6,9,11-13,27H,1-4,7-8H2,(H,20,21)(H,22,24). The molecule has 0 bridgehead atoms. The Bertz CT molecular complexity index is 962. The second-order valence-corrected chi connectivity index (χ2v) is 7.15. The molecule has 2 saturated heterocycles. The van der Waals surface area contributed by atoms with Crippen LogP contribution in [0.25, 0.3) is 16.9 Å². The van der Waals surface area contributed by atoms with Crippen LogP contribution in [0.5, 0.6) is 0 Å². The zero-order valence-corrected chi connectivity index (χ0v) is 15.1. The molecule has 3 aromatic rings. The molecular weight excluding hydrogens is 367 g/mol. The van der Waals surface area contributed by atoms with Gasteiger partial charge in [0.2, 0.25) is 5.95 Å². The van der Waals surface area contributed by atoms with E-state index in [1.807, 2.05) is 0 Å². The van der Waals surface area contributed by atoms with Crippen LogP contribution in [0.2, 0.25) is 0 Å². The highest BCUT2D eigenvalue weighted by Gasteiger charge is 2.29. The maximum atomic E-state index is 14.1. The van der Waals surface area contributed by atoms with Crippen molar-refractivity contribution in [1.29, 1.82) is 0 Å². The van der Waals surface area contributed by atoms with Gasteiger partial charge in [-0.3, -0.25) is 5.10 Å². The van der Waals surface area contributed by atoms with Crippen molar-refractivity contribution in [3.05, 3.63) is 18.7 Å². The summed E-state index contributed by atoms with van der Waals surface area (Å²) in [6.45, 7) is 1.77. The van der Waals surface area contributed by atoms with E-state index < -0.39 is 12.3 Å². The monoisotopic (exact) mass is 388 g/mol. The van der Waals surface area contributed by atoms with Gasteiger partial charge in [-0.25, -0.2) is 9.37 Å². The van der Waals surface area contributed by atoms with Crippen molar-refractivity contribution in [3.63, 3.8) is 0 Å². The van der Waals surface area contributed by atoms with Crippen LogP contribution in [0, 0.1) is 0 Å². The quantitative estimate of drug-likeness (QED) is 0.596. The summed E-state index contributed by atoms with van der Waals surface area (Å²) in [6.07, 6.45) is 4.78. The zero-order valence-electron chi connectivity index (χ0n) is 15.1. The average molecular weight is 388 g/mol. The molecule has 0 radical (unpaired) electrons. The van der Waals surface area contributed by atoms with E-state index >= 15 is 0 Å². The Labute approximate surface area is 159 Å². The van der Waals surface area contributed by atoms with Gasteiger partial charge in [0.1, 0.15) is 23.9 Å². The van der Waals surface area contributed by atoms with Crippen LogP contribution in [-0.2, 0) is 4.74 Å². The summed E-state index contributed by atoms with van der Waals surface area (Å²) in [4.78, 5) is 11.2. The van der Waals surface area contributed by atoms with Crippen LogP contribution in [0.3, 0.4) is 0 Å². The summed E-state index contributed by atoms with van der Waals surface area (Å²) in [5.41, 5.74) is 2.92. The number of anilines is 2. The first kappa shape index (κ1) is 17.3. The molecule has 3 N–H and O–H groups in total. The third kappa shape index (κ3) is 3.06. The lowest BCUT2D eigenvalue weighted by Gasteiger charge is -2.26. The molecule has 3 atom stereocenters. The maximum absolute atomic E-state index is 14.1. The predicted octanol–water partition coefficient (Wildman–Crippen LogP) is 0.624. The predicted molar refractivity (Wildman–Crippen MR) is 98.9 cm³/mol. The van der Waals surface area contributed by atoms with Gasteiger partial charge in [0.25, 0.3) is 0 Å². The fraction of sp³-hybridized carbons (Fsp3) is 0.529. The van der Waals surface area contributed by atoms with E-state index in [0.717, 1.165) is 11.3 Å². The summed E-state index contributed by atoms with van der Waals surface area (Å²) < 4.78 is 20.8. The molecule has 0 aromatic carbocycles. The first-order valence-corrected chi connectivity index (χ1v) is 9.35. The normalized spacial score (nSPS) is 25.5. The van der Waals surface area contributed by atoms with Crippen molar-refractivity contribution in [2.45, 2.75) is 31.2 Å². The Morgan fingerprint density at radius 1 is 1.36 bits per heavy atom. The molecule has 28 heavy (non-hydrogen) atoms. The lowest BCUT2D eigenvalue weighted by molar-refractivity contribution is 0.0284. The van der Waals surface area contributed by atoms with E-state index in [1.165, 1.54) is 0 Å². The highest BCUT2D eigenvalue weighted by molar-refractivity contribution is 5.85. The number of fused-ring (bicyclic) bond motifs is 1. The summed E-state index contributed by atoms with van der Waals surface area (Å²) in [5.74, 6) is 0.349. The smallest absolute Gasteiger partial charge is 0.243 e. The Kier molecular flexibility index (Phi) is 4.32. The molecule has 0 aliphatic carbocycles. The molecule has 0 saturated carbocycles. The molecule has 11 heteroatoms. The molecular formula is C17H21FN8O2. The van der Waals surface area contributed by atoms with E-state index in [0.29, 0.717) is 49.8 Å². The van der Waals surface area contributed by atoms with E-state index in [4.69, 9.17) is 4.74 Å². The second-order valence-electron chi connectivity index (χ2n) is 7.15. The number of ether oxygens (including phenoxy) is 1. The van der Waals surface area contributed by atoms with Crippen molar-refractivity contribution < 1.29 is 14.2 Å². The second kappa shape index (κ2) is 6.99. The van der Waals surface area contributed by atoms with Crippen molar-refractivity contribution >= 4 is 17.3 Å². The SMILES string of the molecule is OC1CCN(c2c(-c3cn[nH]c3)ncn3nc(NC4CCOCC4F)nc23)C1. The molecule has 3 unspecified atom stereocenters. The molecule has 2 aliphatic heterocycles. The number of H-pyrrole nitrogens is 1. The van der Waals surface area contributed by atoms with Crippen LogP contribution in [0.1, 0.15) is 12.8 Å². The maximum Gasteiger partial charge on any atom is 0.243 e. The lowest BCUT2D eigenvalue weighted by atomic mass is 10.1. The van der Waals surface area contributed by atoms with Gasteiger partial charge in [0, 0.05) is 31.5 Å². The lowest BCUT2D eigenvalue weighted by Crippen LogP contribution is -2.39. The Hall–Kier alpha value is -2.79. The molecule has 3 aromatic heterocycles. The van der Waals surface area contributed by atoms with E-state index in [1.54, 1.807) is 23.2 Å².